The Bertz CT molecular complexity index is 874. The van der Waals surface area contributed by atoms with Crippen LogP contribution in [0.4, 0.5) is 22.7 Å². The van der Waals surface area contributed by atoms with Gasteiger partial charge in [0.25, 0.3) is 0 Å². The average molecular weight is 396 g/mol. The minimum absolute atomic E-state index is 0.168. The number of carbonyl (C=O) groups excluding carboxylic acids is 3. The summed E-state index contributed by atoms with van der Waals surface area (Å²) in [5.41, 5.74) is 3.93. The quantitative estimate of drug-likeness (QED) is 0.593. The molecule has 0 aliphatic heterocycles. The molecule has 0 heterocycles. The molecule has 0 aromatic heterocycles. The Balaban J connectivity index is 1.91. The predicted octanol–water partition coefficient (Wildman–Crippen LogP) is 3.77. The second kappa shape index (κ2) is 10.3. The maximum absolute atomic E-state index is 12.2. The number of amides is 3. The van der Waals surface area contributed by atoms with Gasteiger partial charge in [-0.05, 0) is 68.8 Å². The van der Waals surface area contributed by atoms with Crippen molar-refractivity contribution < 1.29 is 14.4 Å². The summed E-state index contributed by atoms with van der Waals surface area (Å²) < 4.78 is 0. The molecule has 0 aliphatic carbocycles. The second-order valence-corrected chi connectivity index (χ2v) is 6.70. The highest BCUT2D eigenvalue weighted by molar-refractivity contribution is 6.08. The van der Waals surface area contributed by atoms with Crippen LogP contribution in [-0.4, -0.2) is 30.8 Å². The molecule has 0 spiro atoms. The molecule has 0 atom stereocenters. The highest BCUT2D eigenvalue weighted by Gasteiger charge is 2.12. The van der Waals surface area contributed by atoms with Crippen molar-refractivity contribution in [2.75, 3.05) is 33.9 Å². The molecule has 29 heavy (non-hydrogen) atoms. The standard InChI is InChI=1S/C22H28N4O3/c1-5-26(6-2)19-11-12-20(15(3)13-19)25-22(29)14-21(28)24-18-9-7-17(8-10-18)23-16(4)27/h7-13H,5-6,14H2,1-4H3,(H,23,27)(H,24,28)(H,25,29). The van der Waals surface area contributed by atoms with Gasteiger partial charge in [0.2, 0.25) is 17.7 Å². The summed E-state index contributed by atoms with van der Waals surface area (Å²) in [7, 11) is 0. The smallest absolute Gasteiger partial charge is 0.233 e. The van der Waals surface area contributed by atoms with Crippen LogP contribution in [-0.2, 0) is 14.4 Å². The molecule has 7 nitrogen and oxygen atoms in total. The minimum Gasteiger partial charge on any atom is -0.372 e. The molecule has 154 valence electrons. The van der Waals surface area contributed by atoms with Gasteiger partial charge >= 0.3 is 0 Å². The van der Waals surface area contributed by atoms with Crippen molar-refractivity contribution in [3.05, 3.63) is 48.0 Å². The van der Waals surface area contributed by atoms with E-state index in [1.165, 1.54) is 6.92 Å². The lowest BCUT2D eigenvalue weighted by molar-refractivity contribution is -0.123. The van der Waals surface area contributed by atoms with E-state index in [2.05, 4.69) is 34.7 Å². The molecular weight excluding hydrogens is 368 g/mol. The number of hydrogen-bond acceptors (Lipinski definition) is 4. The summed E-state index contributed by atoms with van der Waals surface area (Å²) in [6, 6.07) is 12.5. The Labute approximate surface area is 171 Å². The van der Waals surface area contributed by atoms with E-state index in [0.717, 1.165) is 24.3 Å². The fraction of sp³-hybridized carbons (Fsp3) is 0.318. The van der Waals surface area contributed by atoms with Crippen LogP contribution in [0.5, 0.6) is 0 Å². The highest BCUT2D eigenvalue weighted by Crippen LogP contribution is 2.23. The number of aryl methyl sites for hydroxylation is 1. The van der Waals surface area contributed by atoms with Gasteiger partial charge in [-0.25, -0.2) is 0 Å². The molecule has 0 aliphatic rings. The van der Waals surface area contributed by atoms with Crippen LogP contribution in [0.15, 0.2) is 42.5 Å². The van der Waals surface area contributed by atoms with Gasteiger partial charge in [0.15, 0.2) is 0 Å². The maximum atomic E-state index is 12.2. The fourth-order valence-electron chi connectivity index (χ4n) is 2.96. The Morgan fingerprint density at radius 3 is 1.90 bits per heavy atom. The summed E-state index contributed by atoms with van der Waals surface area (Å²) in [5.74, 6) is -0.956. The number of rotatable bonds is 8. The van der Waals surface area contributed by atoms with Gasteiger partial charge in [-0.2, -0.15) is 0 Å². The van der Waals surface area contributed by atoms with Crippen molar-refractivity contribution >= 4 is 40.5 Å². The first-order chi connectivity index (χ1) is 13.8. The minimum atomic E-state index is -0.410. The first kappa shape index (κ1) is 21.9. The molecule has 0 saturated carbocycles. The summed E-state index contributed by atoms with van der Waals surface area (Å²) in [6.45, 7) is 9.37. The van der Waals surface area contributed by atoms with Crippen LogP contribution >= 0.6 is 0 Å². The number of carbonyl (C=O) groups is 3. The molecule has 7 heteroatoms. The molecule has 3 amide bonds. The third-order valence-corrected chi connectivity index (χ3v) is 4.42. The molecule has 0 saturated heterocycles. The van der Waals surface area contributed by atoms with E-state index in [0.29, 0.717) is 17.1 Å². The van der Waals surface area contributed by atoms with Crippen LogP contribution in [0.2, 0.25) is 0 Å². The van der Waals surface area contributed by atoms with E-state index < -0.39 is 5.91 Å². The molecular formula is C22H28N4O3. The van der Waals surface area contributed by atoms with Gasteiger partial charge in [-0.3, -0.25) is 14.4 Å². The number of nitrogens with zero attached hydrogens (tertiary/aromatic N) is 1. The van der Waals surface area contributed by atoms with E-state index in [1.807, 2.05) is 25.1 Å². The Kier molecular flexibility index (Phi) is 7.77. The van der Waals surface area contributed by atoms with Crippen LogP contribution in [0.25, 0.3) is 0 Å². The van der Waals surface area contributed by atoms with Crippen molar-refractivity contribution in [1.82, 2.24) is 0 Å². The normalized spacial score (nSPS) is 10.2. The molecule has 0 fully saturated rings. The summed E-state index contributed by atoms with van der Waals surface area (Å²) in [4.78, 5) is 37.6. The monoisotopic (exact) mass is 396 g/mol. The van der Waals surface area contributed by atoms with Crippen LogP contribution in [0.3, 0.4) is 0 Å². The van der Waals surface area contributed by atoms with Crippen LogP contribution < -0.4 is 20.9 Å². The number of benzene rings is 2. The lowest BCUT2D eigenvalue weighted by atomic mass is 10.1. The predicted molar refractivity (Wildman–Crippen MR) is 117 cm³/mol. The summed E-state index contributed by atoms with van der Waals surface area (Å²) in [6.07, 6.45) is -0.287. The lowest BCUT2D eigenvalue weighted by Crippen LogP contribution is -2.23. The van der Waals surface area contributed by atoms with E-state index in [9.17, 15) is 14.4 Å². The molecule has 2 aromatic carbocycles. The SMILES string of the molecule is CCN(CC)c1ccc(NC(=O)CC(=O)Nc2ccc(NC(C)=O)cc2)c(C)c1. The molecule has 0 radical (unpaired) electrons. The zero-order valence-electron chi connectivity index (χ0n) is 17.3. The van der Waals surface area contributed by atoms with E-state index in [1.54, 1.807) is 24.3 Å². The fourth-order valence-corrected chi connectivity index (χ4v) is 2.96. The summed E-state index contributed by atoms with van der Waals surface area (Å²) >= 11 is 0. The van der Waals surface area contributed by atoms with Gasteiger partial charge in [-0.15, -0.1) is 0 Å². The van der Waals surface area contributed by atoms with Crippen LogP contribution in [0.1, 0.15) is 32.8 Å². The molecule has 0 bridgehead atoms. The largest absolute Gasteiger partial charge is 0.372 e. The zero-order chi connectivity index (χ0) is 21.4. The number of anilines is 4. The number of hydrogen-bond donors (Lipinski definition) is 3. The molecule has 0 unspecified atom stereocenters. The zero-order valence-corrected chi connectivity index (χ0v) is 17.3. The van der Waals surface area contributed by atoms with E-state index >= 15 is 0 Å². The lowest BCUT2D eigenvalue weighted by Gasteiger charge is -2.22. The van der Waals surface area contributed by atoms with Crippen molar-refractivity contribution in [3.63, 3.8) is 0 Å². The molecule has 2 rings (SSSR count). The van der Waals surface area contributed by atoms with Crippen molar-refractivity contribution in [2.45, 2.75) is 34.1 Å². The molecule has 2 aromatic rings. The Morgan fingerprint density at radius 2 is 1.38 bits per heavy atom. The maximum Gasteiger partial charge on any atom is 0.233 e. The van der Waals surface area contributed by atoms with E-state index in [-0.39, 0.29) is 18.2 Å². The molecule has 3 N–H and O–H groups in total. The third kappa shape index (κ3) is 6.64. The highest BCUT2D eigenvalue weighted by atomic mass is 16.2. The van der Waals surface area contributed by atoms with Crippen molar-refractivity contribution in [1.29, 1.82) is 0 Å². The topological polar surface area (TPSA) is 90.5 Å². The number of nitrogens with one attached hydrogen (secondary N) is 3. The average Bonchev–Trinajstić information content (AvgIpc) is 2.66. The van der Waals surface area contributed by atoms with Gasteiger partial charge in [0.1, 0.15) is 6.42 Å². The van der Waals surface area contributed by atoms with Gasteiger partial charge in [0.05, 0.1) is 0 Å². The Morgan fingerprint density at radius 1 is 0.828 bits per heavy atom. The van der Waals surface area contributed by atoms with Crippen molar-refractivity contribution in [2.24, 2.45) is 0 Å². The van der Waals surface area contributed by atoms with Crippen molar-refractivity contribution in [3.8, 4) is 0 Å². The van der Waals surface area contributed by atoms with Gasteiger partial charge in [-0.1, -0.05) is 0 Å². The van der Waals surface area contributed by atoms with E-state index in [4.69, 9.17) is 0 Å². The summed E-state index contributed by atoms with van der Waals surface area (Å²) in [5, 5.41) is 8.12. The van der Waals surface area contributed by atoms with Gasteiger partial charge in [0, 0.05) is 42.8 Å². The van der Waals surface area contributed by atoms with Gasteiger partial charge < -0.3 is 20.9 Å². The van der Waals surface area contributed by atoms with Crippen LogP contribution in [0, 0.1) is 6.92 Å². The third-order valence-electron chi connectivity index (χ3n) is 4.42. The second-order valence-electron chi connectivity index (χ2n) is 6.70. The first-order valence-corrected chi connectivity index (χ1v) is 9.65. The Hall–Kier alpha value is -3.35. The first-order valence-electron chi connectivity index (χ1n) is 9.65.